The summed E-state index contributed by atoms with van der Waals surface area (Å²) in [4.78, 5) is 2.35. The molecule has 3 rings (SSSR count). The van der Waals surface area contributed by atoms with Crippen LogP contribution in [0.15, 0.2) is 53.6 Å². The highest BCUT2D eigenvalue weighted by Gasteiger charge is 2.29. The van der Waals surface area contributed by atoms with Gasteiger partial charge in [0.2, 0.25) is 0 Å². The lowest BCUT2D eigenvalue weighted by Gasteiger charge is -2.17. The predicted molar refractivity (Wildman–Crippen MR) is 90.5 cm³/mol. The summed E-state index contributed by atoms with van der Waals surface area (Å²) in [7, 11) is 0. The van der Waals surface area contributed by atoms with Crippen LogP contribution in [0.4, 0.5) is 24.5 Å². The summed E-state index contributed by atoms with van der Waals surface area (Å²) in [6.07, 6.45) is -0.204. The maximum Gasteiger partial charge on any atom is 0.416 e. The third-order valence-corrected chi connectivity index (χ3v) is 3.98. The summed E-state index contributed by atoms with van der Waals surface area (Å²) in [6, 6.07) is 12.9. The summed E-state index contributed by atoms with van der Waals surface area (Å²) >= 11 is 0. The lowest BCUT2D eigenvalue weighted by atomic mass is 10.2. The number of halogens is 3. The van der Waals surface area contributed by atoms with E-state index in [0.29, 0.717) is 5.69 Å². The van der Waals surface area contributed by atoms with Crippen molar-refractivity contribution in [1.82, 2.24) is 0 Å². The highest BCUT2D eigenvalue weighted by atomic mass is 19.4. The van der Waals surface area contributed by atoms with E-state index in [4.69, 9.17) is 0 Å². The quantitative estimate of drug-likeness (QED) is 0.646. The van der Waals surface area contributed by atoms with Crippen molar-refractivity contribution in [2.24, 2.45) is 5.10 Å². The lowest BCUT2D eigenvalue weighted by molar-refractivity contribution is -0.137. The van der Waals surface area contributed by atoms with E-state index in [-0.39, 0.29) is 0 Å². The van der Waals surface area contributed by atoms with E-state index < -0.39 is 11.7 Å². The van der Waals surface area contributed by atoms with Crippen LogP contribution in [0, 0.1) is 0 Å². The van der Waals surface area contributed by atoms with Gasteiger partial charge in [0, 0.05) is 18.8 Å². The first-order valence-corrected chi connectivity index (χ1v) is 7.84. The zero-order valence-corrected chi connectivity index (χ0v) is 13.1. The van der Waals surface area contributed by atoms with Crippen LogP contribution in [-0.2, 0) is 6.18 Å². The molecule has 0 radical (unpaired) electrons. The number of rotatable bonds is 4. The van der Waals surface area contributed by atoms with Crippen molar-refractivity contribution in [3.8, 4) is 0 Å². The van der Waals surface area contributed by atoms with Crippen LogP contribution in [-0.4, -0.2) is 19.3 Å². The summed E-state index contributed by atoms with van der Waals surface area (Å²) in [5.41, 5.74) is 4.71. The summed E-state index contributed by atoms with van der Waals surface area (Å²) < 4.78 is 37.5. The van der Waals surface area contributed by atoms with Crippen molar-refractivity contribution in [2.75, 3.05) is 23.4 Å². The SMILES string of the molecule is FC(F)(F)c1ccc(NN=Cc2ccc(N3CCCC3)cc2)cc1. The molecule has 1 fully saturated rings. The number of hydrogen-bond donors (Lipinski definition) is 1. The third-order valence-electron chi connectivity index (χ3n) is 3.98. The lowest BCUT2D eigenvalue weighted by Crippen LogP contribution is -2.17. The van der Waals surface area contributed by atoms with E-state index in [9.17, 15) is 13.2 Å². The van der Waals surface area contributed by atoms with Crippen LogP contribution >= 0.6 is 0 Å². The number of hydrogen-bond acceptors (Lipinski definition) is 3. The molecular weight excluding hydrogens is 315 g/mol. The van der Waals surface area contributed by atoms with E-state index in [0.717, 1.165) is 30.8 Å². The summed E-state index contributed by atoms with van der Waals surface area (Å²) in [5.74, 6) is 0. The number of nitrogens with zero attached hydrogens (tertiary/aromatic N) is 2. The molecule has 0 aliphatic carbocycles. The second kappa shape index (κ2) is 6.95. The molecule has 24 heavy (non-hydrogen) atoms. The highest BCUT2D eigenvalue weighted by Crippen LogP contribution is 2.29. The second-order valence-electron chi connectivity index (χ2n) is 5.73. The Hall–Kier alpha value is -2.50. The van der Waals surface area contributed by atoms with E-state index in [1.54, 1.807) is 6.21 Å². The number of anilines is 2. The van der Waals surface area contributed by atoms with Gasteiger partial charge in [-0.05, 0) is 54.8 Å². The van der Waals surface area contributed by atoms with Gasteiger partial charge in [0.25, 0.3) is 0 Å². The zero-order valence-electron chi connectivity index (χ0n) is 13.1. The largest absolute Gasteiger partial charge is 0.416 e. The normalized spacial score (nSPS) is 15.2. The Morgan fingerprint density at radius 3 is 2.12 bits per heavy atom. The van der Waals surface area contributed by atoms with Crippen molar-refractivity contribution in [3.05, 3.63) is 59.7 Å². The number of hydrazone groups is 1. The van der Waals surface area contributed by atoms with Gasteiger partial charge in [-0.1, -0.05) is 12.1 Å². The molecule has 0 bridgehead atoms. The average Bonchev–Trinajstić information content (AvgIpc) is 3.10. The molecule has 2 aromatic carbocycles. The Balaban J connectivity index is 1.57. The molecule has 0 spiro atoms. The van der Waals surface area contributed by atoms with E-state index in [1.165, 1.54) is 30.7 Å². The molecule has 6 heteroatoms. The molecule has 0 saturated carbocycles. The minimum absolute atomic E-state index is 0.507. The molecule has 126 valence electrons. The molecule has 1 N–H and O–H groups in total. The zero-order chi connectivity index (χ0) is 17.0. The molecule has 2 aromatic rings. The Bertz CT molecular complexity index is 685. The molecule has 0 aromatic heterocycles. The maximum atomic E-state index is 12.5. The molecular formula is C18H18F3N3. The molecule has 0 atom stereocenters. The van der Waals surface area contributed by atoms with Crippen molar-refractivity contribution in [1.29, 1.82) is 0 Å². The monoisotopic (exact) mass is 333 g/mol. The highest BCUT2D eigenvalue weighted by molar-refractivity contribution is 5.81. The van der Waals surface area contributed by atoms with Crippen molar-refractivity contribution in [2.45, 2.75) is 19.0 Å². The Morgan fingerprint density at radius 1 is 0.917 bits per heavy atom. The van der Waals surface area contributed by atoms with Gasteiger partial charge in [-0.2, -0.15) is 18.3 Å². The number of benzene rings is 2. The van der Waals surface area contributed by atoms with Crippen LogP contribution in [0.2, 0.25) is 0 Å². The van der Waals surface area contributed by atoms with Crippen molar-refractivity contribution < 1.29 is 13.2 Å². The number of nitrogens with one attached hydrogen (secondary N) is 1. The fraction of sp³-hybridized carbons (Fsp3) is 0.278. The third kappa shape index (κ3) is 4.07. The minimum atomic E-state index is -4.32. The van der Waals surface area contributed by atoms with Crippen LogP contribution < -0.4 is 10.3 Å². The van der Waals surface area contributed by atoms with Gasteiger partial charge in [-0.3, -0.25) is 5.43 Å². The van der Waals surface area contributed by atoms with Gasteiger partial charge >= 0.3 is 6.18 Å². The molecule has 1 heterocycles. The molecule has 0 unspecified atom stereocenters. The second-order valence-corrected chi connectivity index (χ2v) is 5.73. The van der Waals surface area contributed by atoms with Crippen molar-refractivity contribution in [3.63, 3.8) is 0 Å². The standard InChI is InChI=1S/C18H18F3N3/c19-18(20,21)15-5-7-16(8-6-15)23-22-13-14-3-9-17(10-4-14)24-11-1-2-12-24/h3-10,13,23H,1-2,11-12H2. The van der Waals surface area contributed by atoms with Crippen LogP contribution in [0.5, 0.6) is 0 Å². The first-order valence-electron chi connectivity index (χ1n) is 7.84. The van der Waals surface area contributed by atoms with Gasteiger partial charge < -0.3 is 4.90 Å². The summed E-state index contributed by atoms with van der Waals surface area (Å²) in [5, 5.41) is 4.06. The first kappa shape index (κ1) is 16.4. The Kier molecular flexibility index (Phi) is 4.74. The topological polar surface area (TPSA) is 27.6 Å². The minimum Gasteiger partial charge on any atom is -0.372 e. The molecule has 1 saturated heterocycles. The molecule has 1 aliphatic heterocycles. The fourth-order valence-corrected chi connectivity index (χ4v) is 2.66. The van der Waals surface area contributed by atoms with E-state index in [1.807, 2.05) is 12.1 Å². The van der Waals surface area contributed by atoms with Gasteiger partial charge in [-0.15, -0.1) is 0 Å². The van der Waals surface area contributed by atoms with Gasteiger partial charge in [-0.25, -0.2) is 0 Å². The fourth-order valence-electron chi connectivity index (χ4n) is 2.66. The maximum absolute atomic E-state index is 12.5. The molecule has 1 aliphatic rings. The van der Waals surface area contributed by atoms with Crippen LogP contribution in [0.3, 0.4) is 0 Å². The molecule has 0 amide bonds. The van der Waals surface area contributed by atoms with Crippen molar-refractivity contribution >= 4 is 17.6 Å². The Morgan fingerprint density at radius 2 is 1.54 bits per heavy atom. The van der Waals surface area contributed by atoms with Gasteiger partial charge in [0.15, 0.2) is 0 Å². The van der Waals surface area contributed by atoms with E-state index >= 15 is 0 Å². The van der Waals surface area contributed by atoms with E-state index in [2.05, 4.69) is 27.6 Å². The van der Waals surface area contributed by atoms with Crippen LogP contribution in [0.25, 0.3) is 0 Å². The Labute approximate surface area is 138 Å². The average molecular weight is 333 g/mol. The number of alkyl halides is 3. The first-order chi connectivity index (χ1) is 11.5. The predicted octanol–water partition coefficient (Wildman–Crippen LogP) is 4.75. The smallest absolute Gasteiger partial charge is 0.372 e. The van der Waals surface area contributed by atoms with Crippen LogP contribution in [0.1, 0.15) is 24.0 Å². The molecule has 3 nitrogen and oxygen atoms in total. The van der Waals surface area contributed by atoms with Gasteiger partial charge in [0.1, 0.15) is 0 Å². The summed E-state index contributed by atoms with van der Waals surface area (Å²) in [6.45, 7) is 2.20. The van der Waals surface area contributed by atoms with Gasteiger partial charge in [0.05, 0.1) is 17.5 Å².